The van der Waals surface area contributed by atoms with Crippen molar-refractivity contribution in [1.29, 1.82) is 0 Å². The van der Waals surface area contributed by atoms with Gasteiger partial charge in [0.1, 0.15) is 0 Å². The summed E-state index contributed by atoms with van der Waals surface area (Å²) in [5, 5.41) is 8.71. The first-order chi connectivity index (χ1) is 9.04. The fourth-order valence-corrected chi connectivity index (χ4v) is 2.99. The van der Waals surface area contributed by atoms with Crippen LogP contribution in [0.3, 0.4) is 0 Å². The predicted octanol–water partition coefficient (Wildman–Crippen LogP) is 0.805. The van der Waals surface area contributed by atoms with Crippen molar-refractivity contribution in [1.82, 2.24) is 9.80 Å². The fraction of sp³-hybridized carbons (Fsp3) is 0.538. The number of carbonyl (C=O) groups excluding carboxylic acids is 1. The Morgan fingerprint density at radius 3 is 2.58 bits per heavy atom. The summed E-state index contributed by atoms with van der Waals surface area (Å²) >= 11 is 1.29. The highest BCUT2D eigenvalue weighted by molar-refractivity contribution is 7.14. The maximum atomic E-state index is 12.1. The third kappa shape index (κ3) is 4.12. The molecule has 1 aromatic rings. The molecule has 1 fully saturated rings. The largest absolute Gasteiger partial charge is 0.481 e. The lowest BCUT2D eigenvalue weighted by atomic mass is 10.2. The Morgan fingerprint density at radius 2 is 1.95 bits per heavy atom. The van der Waals surface area contributed by atoms with Crippen molar-refractivity contribution >= 4 is 23.1 Å². The van der Waals surface area contributed by atoms with Gasteiger partial charge in [-0.3, -0.25) is 14.5 Å². The van der Waals surface area contributed by atoms with E-state index < -0.39 is 5.97 Å². The van der Waals surface area contributed by atoms with Gasteiger partial charge in [0.25, 0.3) is 0 Å². The fourth-order valence-electron chi connectivity index (χ4n) is 2.06. The first-order valence-corrected chi connectivity index (χ1v) is 7.11. The summed E-state index contributed by atoms with van der Waals surface area (Å²) in [6.45, 7) is 4.23. The van der Waals surface area contributed by atoms with Crippen molar-refractivity contribution in [2.45, 2.75) is 6.42 Å². The smallest absolute Gasteiger partial charge is 0.308 e. The number of hydrogen-bond donors (Lipinski definition) is 1. The molecule has 0 atom stereocenters. The van der Waals surface area contributed by atoms with Crippen molar-refractivity contribution in [3.63, 3.8) is 0 Å². The topological polar surface area (TPSA) is 60.9 Å². The molecule has 1 saturated heterocycles. The highest BCUT2D eigenvalue weighted by atomic mass is 32.1. The summed E-state index contributed by atoms with van der Waals surface area (Å²) in [6, 6.07) is 3.47. The number of aliphatic carboxylic acids is 1. The third-order valence-corrected chi connectivity index (χ3v) is 4.35. The van der Waals surface area contributed by atoms with Gasteiger partial charge in [-0.2, -0.15) is 0 Å². The van der Waals surface area contributed by atoms with E-state index in [4.69, 9.17) is 5.11 Å². The second-order valence-corrected chi connectivity index (χ2v) is 6.01. The van der Waals surface area contributed by atoms with Gasteiger partial charge in [0, 0.05) is 31.1 Å². The van der Waals surface area contributed by atoms with Gasteiger partial charge in [-0.15, -0.1) is 11.3 Å². The van der Waals surface area contributed by atoms with Crippen molar-refractivity contribution in [2.75, 3.05) is 39.8 Å². The molecule has 1 aliphatic heterocycles. The molecule has 0 spiro atoms. The molecule has 0 saturated carbocycles. The molecule has 2 rings (SSSR count). The average Bonchev–Trinajstić information content (AvgIpc) is 2.80. The van der Waals surface area contributed by atoms with Crippen LogP contribution in [0.4, 0.5) is 0 Å². The maximum Gasteiger partial charge on any atom is 0.308 e. The second-order valence-electron chi connectivity index (χ2n) is 4.84. The normalized spacial score (nSPS) is 17.5. The summed E-state index contributed by atoms with van der Waals surface area (Å²) in [6.07, 6.45) is -0.00748. The number of likely N-dealkylation sites (N-methyl/N-ethyl adjacent to an activating group) is 1. The molecule has 0 aromatic carbocycles. The zero-order valence-electron chi connectivity index (χ0n) is 11.0. The Bertz CT molecular complexity index is 464. The van der Waals surface area contributed by atoms with Gasteiger partial charge in [0.15, 0.2) is 5.78 Å². The lowest BCUT2D eigenvalue weighted by Gasteiger charge is -2.31. The van der Waals surface area contributed by atoms with E-state index in [0.29, 0.717) is 11.4 Å². The molecule has 0 bridgehead atoms. The molecular weight excluding hydrogens is 264 g/mol. The van der Waals surface area contributed by atoms with Crippen LogP contribution < -0.4 is 0 Å². The summed E-state index contributed by atoms with van der Waals surface area (Å²) in [5.74, 6) is -0.772. The monoisotopic (exact) mass is 282 g/mol. The molecule has 6 heteroatoms. The number of hydrogen-bond acceptors (Lipinski definition) is 5. The molecule has 1 aliphatic rings. The zero-order chi connectivity index (χ0) is 13.8. The number of rotatable bonds is 5. The Labute approximate surface area is 116 Å². The van der Waals surface area contributed by atoms with E-state index in [1.165, 1.54) is 11.3 Å². The number of carbonyl (C=O) groups is 2. The molecule has 0 unspecified atom stereocenters. The molecule has 104 valence electrons. The van der Waals surface area contributed by atoms with E-state index in [9.17, 15) is 9.59 Å². The van der Waals surface area contributed by atoms with Crippen LogP contribution in [0.5, 0.6) is 0 Å². The van der Waals surface area contributed by atoms with Gasteiger partial charge < -0.3 is 10.0 Å². The minimum absolute atomic E-state index is 0.00748. The van der Waals surface area contributed by atoms with Crippen molar-refractivity contribution in [2.24, 2.45) is 0 Å². The van der Waals surface area contributed by atoms with Crippen LogP contribution >= 0.6 is 11.3 Å². The summed E-state index contributed by atoms with van der Waals surface area (Å²) in [7, 11) is 2.08. The summed E-state index contributed by atoms with van der Waals surface area (Å²) in [4.78, 5) is 28.5. The van der Waals surface area contributed by atoms with Crippen molar-refractivity contribution < 1.29 is 14.7 Å². The second kappa shape index (κ2) is 6.27. The van der Waals surface area contributed by atoms with E-state index >= 15 is 0 Å². The van der Waals surface area contributed by atoms with E-state index in [0.717, 1.165) is 31.1 Å². The number of ketones is 1. The number of Topliss-reactive ketones (excluding diaryl/α,β-unsaturated/α-hetero) is 1. The SMILES string of the molecule is CN1CCN(CC(=O)c2ccc(CC(=O)O)s2)CC1. The van der Waals surface area contributed by atoms with Crippen LogP contribution in [-0.4, -0.2) is 66.4 Å². The average molecular weight is 282 g/mol. The number of nitrogens with zero attached hydrogens (tertiary/aromatic N) is 2. The minimum atomic E-state index is -0.861. The van der Waals surface area contributed by atoms with E-state index in [2.05, 4.69) is 16.8 Å². The maximum absolute atomic E-state index is 12.1. The standard InChI is InChI=1S/C13H18N2O3S/c1-14-4-6-15(7-5-14)9-11(16)12-3-2-10(19-12)8-13(17)18/h2-3H,4-9H2,1H3,(H,17,18). The first-order valence-electron chi connectivity index (χ1n) is 6.29. The molecular formula is C13H18N2O3S. The molecule has 2 heterocycles. The summed E-state index contributed by atoms with van der Waals surface area (Å²) in [5.41, 5.74) is 0. The minimum Gasteiger partial charge on any atom is -0.481 e. The number of carboxylic acids is 1. The number of carboxylic acid groups (broad SMARTS) is 1. The predicted molar refractivity (Wildman–Crippen MR) is 73.9 cm³/mol. The van der Waals surface area contributed by atoms with Crippen LogP contribution in [0.25, 0.3) is 0 Å². The molecule has 1 N–H and O–H groups in total. The molecule has 19 heavy (non-hydrogen) atoms. The number of piperazine rings is 1. The van der Waals surface area contributed by atoms with Gasteiger partial charge in [-0.25, -0.2) is 0 Å². The Kier molecular flexibility index (Phi) is 4.68. The van der Waals surface area contributed by atoms with E-state index in [1.807, 2.05) is 0 Å². The molecule has 0 aliphatic carbocycles. The van der Waals surface area contributed by atoms with Crippen LogP contribution in [0.2, 0.25) is 0 Å². The van der Waals surface area contributed by atoms with Crippen LogP contribution in [-0.2, 0) is 11.2 Å². The molecule has 0 amide bonds. The van der Waals surface area contributed by atoms with Gasteiger partial charge in [0.05, 0.1) is 17.8 Å². The third-order valence-electron chi connectivity index (χ3n) is 3.23. The Balaban J connectivity index is 1.89. The van der Waals surface area contributed by atoms with Crippen molar-refractivity contribution in [3.8, 4) is 0 Å². The van der Waals surface area contributed by atoms with Gasteiger partial charge in [-0.1, -0.05) is 0 Å². The molecule has 5 nitrogen and oxygen atoms in total. The van der Waals surface area contributed by atoms with Crippen LogP contribution in [0.15, 0.2) is 12.1 Å². The van der Waals surface area contributed by atoms with E-state index in [-0.39, 0.29) is 12.2 Å². The lowest BCUT2D eigenvalue weighted by molar-refractivity contribution is -0.136. The molecule has 1 aromatic heterocycles. The van der Waals surface area contributed by atoms with Crippen LogP contribution in [0, 0.1) is 0 Å². The van der Waals surface area contributed by atoms with Gasteiger partial charge in [-0.05, 0) is 19.2 Å². The van der Waals surface area contributed by atoms with Crippen molar-refractivity contribution in [3.05, 3.63) is 21.9 Å². The Morgan fingerprint density at radius 1 is 1.26 bits per heavy atom. The highest BCUT2D eigenvalue weighted by Gasteiger charge is 2.18. The van der Waals surface area contributed by atoms with Crippen LogP contribution in [0.1, 0.15) is 14.5 Å². The van der Waals surface area contributed by atoms with E-state index in [1.54, 1.807) is 12.1 Å². The lowest BCUT2D eigenvalue weighted by Crippen LogP contribution is -2.46. The highest BCUT2D eigenvalue weighted by Crippen LogP contribution is 2.18. The zero-order valence-corrected chi connectivity index (χ0v) is 11.8. The Hall–Kier alpha value is -1.24. The van der Waals surface area contributed by atoms with Gasteiger partial charge in [0.2, 0.25) is 0 Å². The summed E-state index contributed by atoms with van der Waals surface area (Å²) < 4.78 is 0. The first kappa shape index (κ1) is 14.2. The quantitative estimate of drug-likeness (QED) is 0.810. The number of thiophene rings is 1. The van der Waals surface area contributed by atoms with Gasteiger partial charge >= 0.3 is 5.97 Å². The molecule has 0 radical (unpaired) electrons.